The number of hydrogen-bond acceptors (Lipinski definition) is 8. The van der Waals surface area contributed by atoms with E-state index in [1.165, 1.54) is 24.3 Å². The second-order valence-electron chi connectivity index (χ2n) is 11.1. The Morgan fingerprint density at radius 2 is 0.955 bits per heavy atom. The van der Waals surface area contributed by atoms with E-state index in [-0.39, 0.29) is 47.9 Å². The Morgan fingerprint density at radius 1 is 0.636 bits per heavy atom. The van der Waals surface area contributed by atoms with Gasteiger partial charge in [0.25, 0.3) is 0 Å². The molecule has 2 aromatic rings. The highest BCUT2D eigenvalue weighted by molar-refractivity contribution is 6.06. The Hall–Kier alpha value is -4.04. The number of morpholine rings is 2. The van der Waals surface area contributed by atoms with Crippen LogP contribution in [0.15, 0.2) is 34.5 Å². The minimum absolute atomic E-state index is 0.0276. The van der Waals surface area contributed by atoms with Gasteiger partial charge in [0.05, 0.1) is 37.9 Å². The Morgan fingerprint density at radius 3 is 1.25 bits per heavy atom. The van der Waals surface area contributed by atoms with Crippen molar-refractivity contribution in [3.63, 3.8) is 0 Å². The summed E-state index contributed by atoms with van der Waals surface area (Å²) in [7, 11) is 0. The number of amides is 2. The van der Waals surface area contributed by atoms with Crippen LogP contribution in [0.25, 0.3) is 0 Å². The molecule has 0 aromatic heterocycles. The van der Waals surface area contributed by atoms with E-state index >= 15 is 0 Å². The average molecular weight is 619 g/mol. The van der Waals surface area contributed by atoms with E-state index in [1.54, 1.807) is 9.80 Å². The number of halogens is 4. The van der Waals surface area contributed by atoms with Crippen LogP contribution in [0.3, 0.4) is 0 Å². The third kappa shape index (κ3) is 7.02. The Kier molecular flexibility index (Phi) is 9.79. The molecule has 4 heterocycles. The van der Waals surface area contributed by atoms with E-state index in [9.17, 15) is 27.2 Å². The van der Waals surface area contributed by atoms with Crippen molar-refractivity contribution in [2.24, 2.45) is 22.0 Å². The van der Waals surface area contributed by atoms with Crippen molar-refractivity contribution in [3.8, 4) is 0 Å². The highest BCUT2D eigenvalue weighted by atomic mass is 19.1. The molecule has 14 heteroatoms. The van der Waals surface area contributed by atoms with Gasteiger partial charge in [-0.15, -0.1) is 0 Å². The monoisotopic (exact) mass is 618 g/mol. The summed E-state index contributed by atoms with van der Waals surface area (Å²) in [4.78, 5) is 25.8. The number of nitrogens with zero attached hydrogens (tertiary/aromatic N) is 4. The predicted molar refractivity (Wildman–Crippen MR) is 156 cm³/mol. The van der Waals surface area contributed by atoms with Crippen molar-refractivity contribution < 1.29 is 36.6 Å². The molecule has 2 amide bonds. The van der Waals surface area contributed by atoms with Crippen LogP contribution in [0.4, 0.5) is 28.9 Å². The molecule has 0 unspecified atom stereocenters. The molecule has 2 atom stereocenters. The van der Waals surface area contributed by atoms with Gasteiger partial charge in [0.1, 0.15) is 34.6 Å². The van der Waals surface area contributed by atoms with Gasteiger partial charge in [-0.1, -0.05) is 13.8 Å². The molecule has 0 bridgehead atoms. The van der Waals surface area contributed by atoms with E-state index in [0.717, 1.165) is 0 Å². The first kappa shape index (κ1) is 31.4. The van der Waals surface area contributed by atoms with Crippen LogP contribution < -0.4 is 20.7 Å². The van der Waals surface area contributed by atoms with Gasteiger partial charge < -0.3 is 19.3 Å². The molecule has 2 saturated heterocycles. The van der Waals surface area contributed by atoms with Gasteiger partial charge in [-0.05, 0) is 24.3 Å². The SMILES string of the molecule is C[C@@H]1CC(=O)NN=C1c1cc(F)c(N2CCOCC2)c(F)c1.C[C@H]1CC(=O)NN=C1c1cc(F)c(N2CCOCC2)c(F)c1. The summed E-state index contributed by atoms with van der Waals surface area (Å²) >= 11 is 0. The largest absolute Gasteiger partial charge is 0.378 e. The maximum atomic E-state index is 14.4. The van der Waals surface area contributed by atoms with Crippen LogP contribution in [0, 0.1) is 35.1 Å². The van der Waals surface area contributed by atoms with Crippen molar-refractivity contribution in [2.75, 3.05) is 62.4 Å². The number of hydrazone groups is 2. The normalized spacial score (nSPS) is 22.3. The zero-order valence-corrected chi connectivity index (χ0v) is 24.5. The van der Waals surface area contributed by atoms with Crippen LogP contribution in [0.1, 0.15) is 37.8 Å². The molecule has 0 radical (unpaired) electrons. The lowest BCUT2D eigenvalue weighted by atomic mass is 9.93. The lowest BCUT2D eigenvalue weighted by molar-refractivity contribution is -0.122. The highest BCUT2D eigenvalue weighted by Gasteiger charge is 2.27. The summed E-state index contributed by atoms with van der Waals surface area (Å²) in [5.41, 5.74) is 6.36. The zero-order valence-electron chi connectivity index (χ0n) is 24.5. The van der Waals surface area contributed by atoms with Crippen molar-refractivity contribution >= 4 is 34.6 Å². The van der Waals surface area contributed by atoms with Crippen molar-refractivity contribution in [2.45, 2.75) is 26.7 Å². The van der Waals surface area contributed by atoms with Crippen LogP contribution in [-0.2, 0) is 19.1 Å². The second-order valence-corrected chi connectivity index (χ2v) is 11.1. The van der Waals surface area contributed by atoms with Crippen molar-refractivity contribution in [1.82, 2.24) is 10.9 Å². The smallest absolute Gasteiger partial charge is 0.240 e. The fourth-order valence-electron chi connectivity index (χ4n) is 5.61. The quantitative estimate of drug-likeness (QED) is 0.510. The number of carbonyl (C=O) groups excluding carboxylic acids is 2. The molecule has 2 aromatic carbocycles. The second kappa shape index (κ2) is 13.7. The number of ether oxygens (including phenoxy) is 2. The summed E-state index contributed by atoms with van der Waals surface area (Å²) in [5.74, 6) is -3.23. The predicted octanol–water partition coefficient (Wildman–Crippen LogP) is 3.32. The van der Waals surface area contributed by atoms with E-state index in [2.05, 4.69) is 21.1 Å². The highest BCUT2D eigenvalue weighted by Crippen LogP contribution is 2.29. The van der Waals surface area contributed by atoms with Crippen molar-refractivity contribution in [1.29, 1.82) is 0 Å². The van der Waals surface area contributed by atoms with Gasteiger partial charge in [0, 0.05) is 62.0 Å². The lowest BCUT2D eigenvalue weighted by Gasteiger charge is -2.29. The maximum absolute atomic E-state index is 14.4. The molecule has 2 N–H and O–H groups in total. The number of hydrogen-bond donors (Lipinski definition) is 2. The molecule has 0 spiro atoms. The standard InChI is InChI=1S/2C15H17F2N3O2/c2*1-9-6-13(21)18-19-14(9)10-7-11(16)15(12(17)8-10)20-2-4-22-5-3-20/h2*7-9H,2-6H2,1H3,(H,18,21)/t2*9-/m10/s1. The number of anilines is 2. The minimum Gasteiger partial charge on any atom is -0.378 e. The molecular weight excluding hydrogens is 584 g/mol. The first-order valence-electron chi connectivity index (χ1n) is 14.5. The minimum atomic E-state index is -0.622. The summed E-state index contributed by atoms with van der Waals surface area (Å²) in [5, 5.41) is 7.87. The number of carbonyl (C=O) groups is 2. The molecule has 4 aliphatic rings. The first-order chi connectivity index (χ1) is 21.1. The molecule has 2 fully saturated rings. The average Bonchev–Trinajstić information content (AvgIpc) is 2.98. The lowest BCUT2D eigenvalue weighted by Crippen LogP contribution is -2.37. The molecular formula is C30H34F4N6O4. The summed E-state index contributed by atoms with van der Waals surface area (Å²) in [6.45, 7) is 7.27. The van der Waals surface area contributed by atoms with E-state index in [4.69, 9.17) is 9.47 Å². The van der Waals surface area contributed by atoms with Gasteiger partial charge in [-0.3, -0.25) is 9.59 Å². The third-order valence-electron chi connectivity index (χ3n) is 7.80. The topological polar surface area (TPSA) is 108 Å². The zero-order chi connectivity index (χ0) is 31.4. The maximum Gasteiger partial charge on any atom is 0.240 e. The van der Waals surface area contributed by atoms with Crippen LogP contribution in [0.5, 0.6) is 0 Å². The molecule has 10 nitrogen and oxygen atoms in total. The molecule has 236 valence electrons. The van der Waals surface area contributed by atoms with E-state index < -0.39 is 23.3 Å². The molecule has 0 saturated carbocycles. The van der Waals surface area contributed by atoms with Crippen LogP contribution >= 0.6 is 0 Å². The van der Waals surface area contributed by atoms with Crippen molar-refractivity contribution in [3.05, 3.63) is 58.7 Å². The molecule has 4 aliphatic heterocycles. The number of rotatable bonds is 4. The van der Waals surface area contributed by atoms with E-state index in [1.807, 2.05) is 13.8 Å². The van der Waals surface area contributed by atoms with Gasteiger partial charge in [0.15, 0.2) is 0 Å². The molecule has 44 heavy (non-hydrogen) atoms. The summed E-state index contributed by atoms with van der Waals surface area (Å²) in [6.07, 6.45) is 0.514. The Bertz CT molecular complexity index is 1320. The third-order valence-corrected chi connectivity index (χ3v) is 7.80. The Balaban J connectivity index is 0.000000175. The number of benzene rings is 2. The van der Waals surface area contributed by atoms with Gasteiger partial charge in [-0.25, -0.2) is 28.4 Å². The Labute approximate surface area is 252 Å². The fourth-order valence-corrected chi connectivity index (χ4v) is 5.61. The summed E-state index contributed by atoms with van der Waals surface area (Å²) < 4.78 is 68.0. The van der Waals surface area contributed by atoms with Gasteiger partial charge in [0.2, 0.25) is 11.8 Å². The fraction of sp³-hybridized carbons (Fsp3) is 0.467. The molecule has 6 rings (SSSR count). The van der Waals surface area contributed by atoms with Crippen LogP contribution in [-0.4, -0.2) is 75.8 Å². The number of nitrogens with one attached hydrogen (secondary N) is 2. The van der Waals surface area contributed by atoms with Gasteiger partial charge >= 0.3 is 0 Å². The molecule has 0 aliphatic carbocycles. The van der Waals surface area contributed by atoms with Gasteiger partial charge in [-0.2, -0.15) is 10.2 Å². The first-order valence-corrected chi connectivity index (χ1v) is 14.5. The van der Waals surface area contributed by atoms with E-state index in [0.29, 0.717) is 75.2 Å². The summed E-state index contributed by atoms with van der Waals surface area (Å²) in [6, 6.07) is 5.11. The van der Waals surface area contributed by atoms with Crippen LogP contribution in [0.2, 0.25) is 0 Å².